The van der Waals surface area contributed by atoms with Crippen LogP contribution in [0.3, 0.4) is 0 Å². The third-order valence-corrected chi connectivity index (χ3v) is 2.87. The minimum absolute atomic E-state index is 0.109. The second kappa shape index (κ2) is 6.27. The molecule has 1 saturated heterocycles. The number of aromatic nitrogens is 2. The number of nitrogens with one attached hydrogen (secondary N) is 2. The highest BCUT2D eigenvalue weighted by Gasteiger charge is 2.12. The van der Waals surface area contributed by atoms with Gasteiger partial charge < -0.3 is 15.7 Å². The monoisotopic (exact) mass is 251 g/mol. The van der Waals surface area contributed by atoms with Gasteiger partial charge in [0.15, 0.2) is 0 Å². The van der Waals surface area contributed by atoms with E-state index in [4.69, 9.17) is 5.11 Å². The average molecular weight is 251 g/mol. The maximum atomic E-state index is 10.9. The third kappa shape index (κ3) is 3.38. The second-order valence-electron chi connectivity index (χ2n) is 4.11. The highest BCUT2D eigenvalue weighted by Crippen LogP contribution is 2.09. The number of anilines is 1. The van der Waals surface area contributed by atoms with Crippen LogP contribution in [0, 0.1) is 0 Å². The molecule has 0 saturated carbocycles. The quantitative estimate of drug-likeness (QED) is 0.649. The number of piperazine rings is 1. The lowest BCUT2D eigenvalue weighted by atomic mass is 10.3. The first-order valence-corrected chi connectivity index (χ1v) is 5.97. The number of aromatic carboxylic acids is 1. The SMILES string of the molecule is O=C(O)c1cncnc1NCCN1CCNCC1. The van der Waals surface area contributed by atoms with Crippen molar-refractivity contribution in [3.63, 3.8) is 0 Å². The Morgan fingerprint density at radius 1 is 1.50 bits per heavy atom. The van der Waals surface area contributed by atoms with Crippen LogP contribution in [0.2, 0.25) is 0 Å². The van der Waals surface area contributed by atoms with Crippen molar-refractivity contribution in [1.82, 2.24) is 20.2 Å². The molecule has 0 unspecified atom stereocenters. The smallest absolute Gasteiger partial charge is 0.341 e. The van der Waals surface area contributed by atoms with Crippen molar-refractivity contribution in [2.45, 2.75) is 0 Å². The molecule has 2 heterocycles. The van der Waals surface area contributed by atoms with Crippen LogP contribution in [-0.4, -0.2) is 65.2 Å². The molecule has 1 aliphatic rings. The first-order valence-electron chi connectivity index (χ1n) is 5.97. The molecule has 0 aromatic carbocycles. The molecule has 2 rings (SSSR count). The van der Waals surface area contributed by atoms with Crippen molar-refractivity contribution >= 4 is 11.8 Å². The molecule has 7 heteroatoms. The molecule has 98 valence electrons. The van der Waals surface area contributed by atoms with Gasteiger partial charge in [-0.3, -0.25) is 4.90 Å². The number of carboxylic acids is 1. The van der Waals surface area contributed by atoms with Gasteiger partial charge in [0.25, 0.3) is 0 Å². The van der Waals surface area contributed by atoms with E-state index in [1.165, 1.54) is 12.5 Å². The van der Waals surface area contributed by atoms with Crippen molar-refractivity contribution in [2.24, 2.45) is 0 Å². The summed E-state index contributed by atoms with van der Waals surface area (Å²) < 4.78 is 0. The van der Waals surface area contributed by atoms with Gasteiger partial charge in [0.1, 0.15) is 17.7 Å². The van der Waals surface area contributed by atoms with Crippen LogP contribution in [0.4, 0.5) is 5.82 Å². The fourth-order valence-electron chi connectivity index (χ4n) is 1.89. The fraction of sp³-hybridized carbons (Fsp3) is 0.545. The first-order chi connectivity index (χ1) is 8.77. The summed E-state index contributed by atoms with van der Waals surface area (Å²) in [6, 6.07) is 0. The summed E-state index contributed by atoms with van der Waals surface area (Å²) in [6.45, 7) is 5.62. The van der Waals surface area contributed by atoms with Crippen molar-refractivity contribution in [3.05, 3.63) is 18.1 Å². The highest BCUT2D eigenvalue weighted by atomic mass is 16.4. The summed E-state index contributed by atoms with van der Waals surface area (Å²) in [5.41, 5.74) is 0.109. The molecule has 1 aliphatic heterocycles. The standard InChI is InChI=1S/C11H17N5O2/c17-11(18)9-7-13-8-15-10(9)14-3-6-16-4-1-12-2-5-16/h7-8,12H,1-6H2,(H,17,18)(H,13,14,15). The molecule has 3 N–H and O–H groups in total. The molecule has 18 heavy (non-hydrogen) atoms. The van der Waals surface area contributed by atoms with E-state index in [9.17, 15) is 4.79 Å². The number of nitrogens with zero attached hydrogens (tertiary/aromatic N) is 3. The maximum absolute atomic E-state index is 10.9. The largest absolute Gasteiger partial charge is 0.477 e. The summed E-state index contributed by atoms with van der Waals surface area (Å²) in [5.74, 6) is -0.632. The highest BCUT2D eigenvalue weighted by molar-refractivity contribution is 5.92. The zero-order valence-corrected chi connectivity index (χ0v) is 10.1. The molecule has 1 aromatic heterocycles. The fourth-order valence-corrected chi connectivity index (χ4v) is 1.89. The van der Waals surface area contributed by atoms with Gasteiger partial charge in [0.05, 0.1) is 0 Å². The van der Waals surface area contributed by atoms with E-state index in [2.05, 4.69) is 25.5 Å². The van der Waals surface area contributed by atoms with Gasteiger partial charge in [-0.25, -0.2) is 14.8 Å². The van der Waals surface area contributed by atoms with Crippen molar-refractivity contribution in [1.29, 1.82) is 0 Å². The molecule has 0 spiro atoms. The Labute approximate surface area is 105 Å². The van der Waals surface area contributed by atoms with Gasteiger partial charge in [0.2, 0.25) is 0 Å². The summed E-state index contributed by atoms with van der Waals surface area (Å²) in [7, 11) is 0. The van der Waals surface area contributed by atoms with Gasteiger partial charge in [-0.2, -0.15) is 0 Å². The minimum Gasteiger partial charge on any atom is -0.477 e. The van der Waals surface area contributed by atoms with Crippen LogP contribution in [0.5, 0.6) is 0 Å². The van der Waals surface area contributed by atoms with E-state index in [1.54, 1.807) is 0 Å². The first kappa shape index (κ1) is 12.7. The molecule has 1 aromatic rings. The average Bonchev–Trinajstić information content (AvgIpc) is 2.40. The number of carboxylic acid groups (broad SMARTS) is 1. The number of hydrogen-bond acceptors (Lipinski definition) is 6. The maximum Gasteiger partial charge on any atom is 0.341 e. The van der Waals surface area contributed by atoms with Crippen LogP contribution in [0.1, 0.15) is 10.4 Å². The molecule has 0 radical (unpaired) electrons. The molecule has 1 fully saturated rings. The van der Waals surface area contributed by atoms with Crippen LogP contribution in [-0.2, 0) is 0 Å². The summed E-state index contributed by atoms with van der Waals surface area (Å²) >= 11 is 0. The van der Waals surface area contributed by atoms with Crippen LogP contribution in [0.25, 0.3) is 0 Å². The van der Waals surface area contributed by atoms with E-state index in [-0.39, 0.29) is 5.56 Å². The lowest BCUT2D eigenvalue weighted by Crippen LogP contribution is -2.45. The Morgan fingerprint density at radius 3 is 3.00 bits per heavy atom. The van der Waals surface area contributed by atoms with Crippen LogP contribution in [0.15, 0.2) is 12.5 Å². The molecule has 0 amide bonds. The van der Waals surface area contributed by atoms with E-state index in [1.807, 2.05) is 0 Å². The number of rotatable bonds is 5. The zero-order chi connectivity index (χ0) is 12.8. The van der Waals surface area contributed by atoms with Gasteiger partial charge in [0, 0.05) is 45.5 Å². The Hall–Kier alpha value is -1.73. The summed E-state index contributed by atoms with van der Waals surface area (Å²) in [5, 5.41) is 15.3. The van der Waals surface area contributed by atoms with E-state index >= 15 is 0 Å². The van der Waals surface area contributed by atoms with E-state index in [0.29, 0.717) is 12.4 Å². The topological polar surface area (TPSA) is 90.4 Å². The number of carbonyl (C=O) groups is 1. The Balaban J connectivity index is 1.84. The van der Waals surface area contributed by atoms with E-state index in [0.717, 1.165) is 32.7 Å². The predicted octanol–water partition coefficient (Wildman–Crippen LogP) is -0.508. The van der Waals surface area contributed by atoms with Crippen molar-refractivity contribution < 1.29 is 9.90 Å². The molecule has 0 atom stereocenters. The van der Waals surface area contributed by atoms with Gasteiger partial charge >= 0.3 is 5.97 Å². The van der Waals surface area contributed by atoms with E-state index < -0.39 is 5.97 Å². The molecule has 0 bridgehead atoms. The van der Waals surface area contributed by atoms with Crippen molar-refractivity contribution in [2.75, 3.05) is 44.6 Å². The summed E-state index contributed by atoms with van der Waals surface area (Å²) in [4.78, 5) is 20.9. The summed E-state index contributed by atoms with van der Waals surface area (Å²) in [6.07, 6.45) is 2.65. The molecular weight excluding hydrogens is 234 g/mol. The minimum atomic E-state index is -1.01. The van der Waals surface area contributed by atoms with Crippen molar-refractivity contribution in [3.8, 4) is 0 Å². The predicted molar refractivity (Wildman–Crippen MR) is 66.8 cm³/mol. The van der Waals surface area contributed by atoms with Gasteiger partial charge in [-0.1, -0.05) is 0 Å². The van der Waals surface area contributed by atoms with Crippen LogP contribution >= 0.6 is 0 Å². The molecule has 7 nitrogen and oxygen atoms in total. The lowest BCUT2D eigenvalue weighted by Gasteiger charge is -2.27. The third-order valence-electron chi connectivity index (χ3n) is 2.87. The molecular formula is C11H17N5O2. The Bertz CT molecular complexity index is 406. The number of hydrogen-bond donors (Lipinski definition) is 3. The van der Waals surface area contributed by atoms with Gasteiger partial charge in [-0.15, -0.1) is 0 Å². The lowest BCUT2D eigenvalue weighted by molar-refractivity contribution is 0.0697. The Morgan fingerprint density at radius 2 is 2.28 bits per heavy atom. The zero-order valence-electron chi connectivity index (χ0n) is 10.1. The van der Waals surface area contributed by atoms with Gasteiger partial charge in [-0.05, 0) is 0 Å². The normalized spacial score (nSPS) is 16.4. The molecule has 0 aliphatic carbocycles. The van der Waals surface area contributed by atoms with Crippen LogP contribution < -0.4 is 10.6 Å². The Kier molecular flexibility index (Phi) is 4.43. The second-order valence-corrected chi connectivity index (χ2v) is 4.11.